The van der Waals surface area contributed by atoms with Gasteiger partial charge in [-0.3, -0.25) is 15.1 Å². The molecule has 0 spiro atoms. The van der Waals surface area contributed by atoms with Crippen LogP contribution in [0.1, 0.15) is 30.9 Å². The summed E-state index contributed by atoms with van der Waals surface area (Å²) in [4.78, 5) is 14.8. The van der Waals surface area contributed by atoms with E-state index in [4.69, 9.17) is 0 Å². The van der Waals surface area contributed by atoms with E-state index in [2.05, 4.69) is 17.2 Å². The zero-order chi connectivity index (χ0) is 13.0. The number of benzene rings is 1. The van der Waals surface area contributed by atoms with Crippen molar-refractivity contribution in [2.24, 2.45) is 4.99 Å². The first-order chi connectivity index (χ1) is 8.72. The Morgan fingerprint density at radius 3 is 2.94 bits per heavy atom. The smallest absolute Gasteiger partial charge is 0.270 e. The van der Waals surface area contributed by atoms with Crippen molar-refractivity contribution < 1.29 is 4.92 Å². The third-order valence-electron chi connectivity index (χ3n) is 3.03. The molecule has 0 saturated carbocycles. The lowest BCUT2D eigenvalue weighted by Crippen LogP contribution is -2.21. The minimum atomic E-state index is -0.359. The fourth-order valence-electron chi connectivity index (χ4n) is 2.06. The number of rotatable bonds is 5. The molecule has 5 nitrogen and oxygen atoms in total. The van der Waals surface area contributed by atoms with Crippen LogP contribution in [-0.4, -0.2) is 23.8 Å². The fraction of sp³-hybridized carbons (Fsp3) is 0.462. The van der Waals surface area contributed by atoms with E-state index in [0.717, 1.165) is 49.3 Å². The van der Waals surface area contributed by atoms with Crippen LogP contribution in [0.4, 0.5) is 5.69 Å². The molecule has 0 atom stereocenters. The topological polar surface area (TPSA) is 67.5 Å². The first-order valence-corrected chi connectivity index (χ1v) is 6.28. The Balaban J connectivity index is 2.36. The summed E-state index contributed by atoms with van der Waals surface area (Å²) in [5.74, 6) is 0.796. The highest BCUT2D eigenvalue weighted by atomic mass is 16.6. The summed E-state index contributed by atoms with van der Waals surface area (Å²) in [6, 6.07) is 5.05. The summed E-state index contributed by atoms with van der Waals surface area (Å²) in [6.07, 6.45) is 3.12. The summed E-state index contributed by atoms with van der Waals surface area (Å²) in [6.45, 7) is 3.69. The number of aliphatic imine (C=N–C) groups is 1. The predicted octanol–water partition coefficient (Wildman–Crippen LogP) is 2.29. The van der Waals surface area contributed by atoms with Crippen molar-refractivity contribution in [2.45, 2.75) is 26.2 Å². The minimum Gasteiger partial charge on any atom is -0.368 e. The van der Waals surface area contributed by atoms with Gasteiger partial charge in [-0.15, -0.1) is 0 Å². The van der Waals surface area contributed by atoms with E-state index in [1.54, 1.807) is 12.1 Å². The fourth-order valence-corrected chi connectivity index (χ4v) is 2.06. The standard InChI is InChI=1S/C13H17N3O2/c1-2-3-4-10-5-6-11(16(17)18)9-12(10)13-14-7-8-15-13/h5-6,9H,2-4,7-8H2,1H3,(H,14,15). The molecule has 2 rings (SSSR count). The maximum Gasteiger partial charge on any atom is 0.270 e. The van der Waals surface area contributed by atoms with Crippen LogP contribution in [0.25, 0.3) is 0 Å². The van der Waals surface area contributed by atoms with Crippen molar-refractivity contribution in [3.8, 4) is 0 Å². The molecule has 1 aliphatic rings. The van der Waals surface area contributed by atoms with Crippen molar-refractivity contribution in [1.82, 2.24) is 5.32 Å². The van der Waals surface area contributed by atoms with Crippen LogP contribution in [0.2, 0.25) is 0 Å². The van der Waals surface area contributed by atoms with E-state index in [1.165, 1.54) is 0 Å². The molecule has 0 saturated heterocycles. The van der Waals surface area contributed by atoms with Gasteiger partial charge in [-0.2, -0.15) is 0 Å². The molecular weight excluding hydrogens is 230 g/mol. The van der Waals surface area contributed by atoms with Crippen LogP contribution in [-0.2, 0) is 6.42 Å². The molecule has 0 amide bonds. The van der Waals surface area contributed by atoms with E-state index in [9.17, 15) is 10.1 Å². The molecule has 96 valence electrons. The molecule has 1 heterocycles. The SMILES string of the molecule is CCCCc1ccc([N+](=O)[O-])cc1C1=NCCN1. The van der Waals surface area contributed by atoms with Gasteiger partial charge in [0.2, 0.25) is 0 Å². The molecule has 0 radical (unpaired) electrons. The maximum absolute atomic E-state index is 10.8. The number of non-ortho nitro benzene ring substituents is 1. The van der Waals surface area contributed by atoms with Crippen molar-refractivity contribution in [1.29, 1.82) is 0 Å². The Hall–Kier alpha value is -1.91. The van der Waals surface area contributed by atoms with E-state index >= 15 is 0 Å². The Morgan fingerprint density at radius 2 is 2.33 bits per heavy atom. The van der Waals surface area contributed by atoms with Gasteiger partial charge < -0.3 is 5.32 Å². The average Bonchev–Trinajstić information content (AvgIpc) is 2.89. The van der Waals surface area contributed by atoms with Gasteiger partial charge >= 0.3 is 0 Å². The quantitative estimate of drug-likeness (QED) is 0.641. The third kappa shape index (κ3) is 2.67. The Labute approximate surface area is 106 Å². The van der Waals surface area contributed by atoms with E-state index in [0.29, 0.717) is 0 Å². The molecule has 1 aromatic carbocycles. The van der Waals surface area contributed by atoms with Crippen molar-refractivity contribution in [2.75, 3.05) is 13.1 Å². The molecule has 0 unspecified atom stereocenters. The normalized spacial score (nSPS) is 14.2. The number of nitro benzene ring substituents is 1. The first-order valence-electron chi connectivity index (χ1n) is 6.28. The largest absolute Gasteiger partial charge is 0.368 e. The maximum atomic E-state index is 10.8. The van der Waals surface area contributed by atoms with Crippen LogP contribution in [0.3, 0.4) is 0 Å². The summed E-state index contributed by atoms with van der Waals surface area (Å²) in [5.41, 5.74) is 2.15. The number of aryl methyl sites for hydroxylation is 1. The van der Waals surface area contributed by atoms with Gasteiger partial charge in [0.15, 0.2) is 0 Å². The Kier molecular flexibility index (Phi) is 3.92. The zero-order valence-electron chi connectivity index (χ0n) is 10.5. The number of amidine groups is 1. The summed E-state index contributed by atoms with van der Waals surface area (Å²) < 4.78 is 0. The molecule has 1 aromatic rings. The van der Waals surface area contributed by atoms with Gasteiger partial charge in [0.25, 0.3) is 5.69 Å². The van der Waals surface area contributed by atoms with Gasteiger partial charge in [-0.05, 0) is 18.4 Å². The van der Waals surface area contributed by atoms with Gasteiger partial charge in [0, 0.05) is 24.2 Å². The zero-order valence-corrected chi connectivity index (χ0v) is 10.5. The van der Waals surface area contributed by atoms with Gasteiger partial charge in [-0.1, -0.05) is 19.4 Å². The van der Waals surface area contributed by atoms with Crippen LogP contribution >= 0.6 is 0 Å². The molecule has 0 aromatic heterocycles. The van der Waals surface area contributed by atoms with E-state index in [1.807, 2.05) is 6.07 Å². The molecule has 18 heavy (non-hydrogen) atoms. The van der Waals surface area contributed by atoms with Crippen LogP contribution in [0.15, 0.2) is 23.2 Å². The third-order valence-corrected chi connectivity index (χ3v) is 3.03. The molecule has 0 bridgehead atoms. The number of hydrogen-bond acceptors (Lipinski definition) is 4. The monoisotopic (exact) mass is 247 g/mol. The second kappa shape index (κ2) is 5.62. The molecule has 0 aliphatic carbocycles. The number of nitrogens with one attached hydrogen (secondary N) is 1. The second-order valence-corrected chi connectivity index (χ2v) is 4.36. The molecular formula is C13H17N3O2. The molecule has 1 aliphatic heterocycles. The predicted molar refractivity (Wildman–Crippen MR) is 71.1 cm³/mol. The number of nitro groups is 1. The first kappa shape index (κ1) is 12.5. The lowest BCUT2D eigenvalue weighted by Gasteiger charge is -2.09. The summed E-state index contributed by atoms with van der Waals surface area (Å²) in [5, 5.41) is 14.0. The minimum absolute atomic E-state index is 0.127. The van der Waals surface area contributed by atoms with E-state index in [-0.39, 0.29) is 10.6 Å². The highest BCUT2D eigenvalue weighted by molar-refractivity contribution is 6.01. The van der Waals surface area contributed by atoms with Crippen LogP contribution in [0, 0.1) is 10.1 Å². The van der Waals surface area contributed by atoms with Crippen molar-refractivity contribution in [3.05, 3.63) is 39.4 Å². The molecule has 0 fully saturated rings. The van der Waals surface area contributed by atoms with Gasteiger partial charge in [0.05, 0.1) is 11.5 Å². The average molecular weight is 247 g/mol. The highest BCUT2D eigenvalue weighted by Gasteiger charge is 2.16. The molecule has 1 N–H and O–H groups in total. The Morgan fingerprint density at radius 1 is 1.50 bits per heavy atom. The lowest BCUT2D eigenvalue weighted by molar-refractivity contribution is -0.384. The second-order valence-electron chi connectivity index (χ2n) is 4.36. The molecule has 5 heteroatoms. The van der Waals surface area contributed by atoms with Crippen LogP contribution < -0.4 is 5.32 Å². The van der Waals surface area contributed by atoms with Gasteiger partial charge in [-0.25, -0.2) is 0 Å². The van der Waals surface area contributed by atoms with Crippen molar-refractivity contribution >= 4 is 11.5 Å². The lowest BCUT2D eigenvalue weighted by atomic mass is 10.0. The van der Waals surface area contributed by atoms with Gasteiger partial charge in [0.1, 0.15) is 5.84 Å². The Bertz CT molecular complexity index is 483. The highest BCUT2D eigenvalue weighted by Crippen LogP contribution is 2.20. The summed E-state index contributed by atoms with van der Waals surface area (Å²) >= 11 is 0. The van der Waals surface area contributed by atoms with Crippen LogP contribution in [0.5, 0.6) is 0 Å². The number of hydrogen-bond donors (Lipinski definition) is 1. The number of nitrogens with zero attached hydrogens (tertiary/aromatic N) is 2. The van der Waals surface area contributed by atoms with E-state index < -0.39 is 0 Å². The summed E-state index contributed by atoms with van der Waals surface area (Å²) in [7, 11) is 0. The van der Waals surface area contributed by atoms with Crippen molar-refractivity contribution in [3.63, 3.8) is 0 Å². The number of unbranched alkanes of at least 4 members (excludes halogenated alkanes) is 1.